The summed E-state index contributed by atoms with van der Waals surface area (Å²) in [6.45, 7) is 1.95. The van der Waals surface area contributed by atoms with E-state index >= 15 is 0 Å². The topological polar surface area (TPSA) is 69.6 Å². The molecule has 0 spiro atoms. The summed E-state index contributed by atoms with van der Waals surface area (Å²) in [5, 5.41) is 0. The van der Waals surface area contributed by atoms with Gasteiger partial charge in [0, 0.05) is 50.9 Å². The first-order valence-corrected chi connectivity index (χ1v) is 10.1. The van der Waals surface area contributed by atoms with E-state index in [0.717, 1.165) is 10.3 Å². The Morgan fingerprint density at radius 2 is 1.68 bits per heavy atom. The van der Waals surface area contributed by atoms with Gasteiger partial charge in [-0.1, -0.05) is 15.9 Å². The van der Waals surface area contributed by atoms with Crippen molar-refractivity contribution in [1.29, 1.82) is 0 Å². The van der Waals surface area contributed by atoms with Crippen molar-refractivity contribution in [3.63, 3.8) is 0 Å². The molecular formula is C16H20BrN5O2S. The van der Waals surface area contributed by atoms with Gasteiger partial charge in [0.1, 0.15) is 5.82 Å². The van der Waals surface area contributed by atoms with E-state index < -0.39 is 10.0 Å². The van der Waals surface area contributed by atoms with Crippen LogP contribution in [-0.2, 0) is 10.0 Å². The molecule has 1 aromatic carbocycles. The maximum Gasteiger partial charge on any atom is 0.243 e. The second-order valence-corrected chi connectivity index (χ2v) is 8.81. The van der Waals surface area contributed by atoms with Crippen LogP contribution in [0.1, 0.15) is 0 Å². The van der Waals surface area contributed by atoms with Crippen molar-refractivity contribution in [3.8, 4) is 0 Å². The molecule has 0 unspecified atom stereocenters. The minimum atomic E-state index is -3.47. The molecule has 25 heavy (non-hydrogen) atoms. The number of nitrogens with zero attached hydrogens (tertiary/aromatic N) is 5. The lowest BCUT2D eigenvalue weighted by Crippen LogP contribution is -2.49. The van der Waals surface area contributed by atoms with Gasteiger partial charge in [-0.3, -0.25) is 0 Å². The molecule has 0 radical (unpaired) electrons. The summed E-state index contributed by atoms with van der Waals surface area (Å²) < 4.78 is 27.9. The number of piperazine rings is 1. The Bertz CT molecular complexity index is 834. The molecule has 2 aromatic rings. The van der Waals surface area contributed by atoms with Gasteiger partial charge < -0.3 is 9.80 Å². The fourth-order valence-corrected chi connectivity index (χ4v) is 4.31. The average molecular weight is 426 g/mol. The molecule has 0 N–H and O–H groups in total. The van der Waals surface area contributed by atoms with Gasteiger partial charge in [0.15, 0.2) is 0 Å². The van der Waals surface area contributed by atoms with E-state index in [9.17, 15) is 8.42 Å². The summed E-state index contributed by atoms with van der Waals surface area (Å²) in [7, 11) is 0.382. The predicted molar refractivity (Wildman–Crippen MR) is 101 cm³/mol. The number of benzene rings is 1. The van der Waals surface area contributed by atoms with Crippen molar-refractivity contribution >= 4 is 37.7 Å². The van der Waals surface area contributed by atoms with E-state index in [2.05, 4.69) is 25.9 Å². The van der Waals surface area contributed by atoms with E-state index in [4.69, 9.17) is 0 Å². The molecular weight excluding hydrogens is 406 g/mol. The highest BCUT2D eigenvalue weighted by molar-refractivity contribution is 9.10. The number of aromatic nitrogens is 2. The molecule has 9 heteroatoms. The number of hydrogen-bond acceptors (Lipinski definition) is 6. The Hall–Kier alpha value is -1.71. The van der Waals surface area contributed by atoms with Crippen LogP contribution in [-0.4, -0.2) is 63.0 Å². The molecule has 0 aliphatic carbocycles. The molecule has 7 nitrogen and oxygen atoms in total. The van der Waals surface area contributed by atoms with Gasteiger partial charge in [0.25, 0.3) is 0 Å². The number of anilines is 2. The number of sulfonamides is 1. The normalized spacial score (nSPS) is 16.0. The average Bonchev–Trinajstić information content (AvgIpc) is 2.62. The lowest BCUT2D eigenvalue weighted by atomic mass is 10.4. The van der Waals surface area contributed by atoms with Gasteiger partial charge in [0.05, 0.1) is 4.90 Å². The third-order valence-electron chi connectivity index (χ3n) is 4.06. The largest absolute Gasteiger partial charge is 0.363 e. The maximum atomic E-state index is 12.7. The fourth-order valence-electron chi connectivity index (χ4n) is 2.62. The molecule has 0 atom stereocenters. The molecule has 1 aromatic heterocycles. The zero-order chi connectivity index (χ0) is 18.0. The van der Waals surface area contributed by atoms with Crippen LogP contribution in [0.25, 0.3) is 0 Å². The molecule has 1 aliphatic heterocycles. The first-order valence-electron chi connectivity index (χ1n) is 7.89. The van der Waals surface area contributed by atoms with Crippen LogP contribution < -0.4 is 9.80 Å². The molecule has 1 saturated heterocycles. The summed E-state index contributed by atoms with van der Waals surface area (Å²) in [5.74, 6) is 1.46. The quantitative estimate of drug-likeness (QED) is 0.743. The summed E-state index contributed by atoms with van der Waals surface area (Å²) in [6, 6.07) is 8.57. The Morgan fingerprint density at radius 1 is 1.04 bits per heavy atom. The van der Waals surface area contributed by atoms with E-state index in [0.29, 0.717) is 37.0 Å². The van der Waals surface area contributed by atoms with Crippen LogP contribution in [0.2, 0.25) is 0 Å². The highest BCUT2D eigenvalue weighted by Crippen LogP contribution is 2.21. The van der Waals surface area contributed by atoms with Crippen LogP contribution in [0.3, 0.4) is 0 Å². The molecule has 3 rings (SSSR count). The van der Waals surface area contributed by atoms with E-state index in [1.807, 2.05) is 30.0 Å². The molecule has 0 bridgehead atoms. The predicted octanol–water partition coefficient (Wildman–Crippen LogP) is 1.82. The van der Waals surface area contributed by atoms with Crippen LogP contribution >= 0.6 is 15.9 Å². The first-order chi connectivity index (χ1) is 11.9. The zero-order valence-electron chi connectivity index (χ0n) is 14.1. The lowest BCUT2D eigenvalue weighted by Gasteiger charge is -2.34. The molecule has 134 valence electrons. The summed E-state index contributed by atoms with van der Waals surface area (Å²) in [4.78, 5) is 13.1. The Morgan fingerprint density at radius 3 is 2.28 bits per heavy atom. The molecule has 1 fully saturated rings. The van der Waals surface area contributed by atoms with Crippen LogP contribution in [0, 0.1) is 0 Å². The van der Waals surface area contributed by atoms with Crippen molar-refractivity contribution in [2.24, 2.45) is 0 Å². The zero-order valence-corrected chi connectivity index (χ0v) is 16.5. The summed E-state index contributed by atoms with van der Waals surface area (Å²) >= 11 is 3.33. The third-order valence-corrected chi connectivity index (χ3v) is 6.50. The van der Waals surface area contributed by atoms with Gasteiger partial charge in [-0.05, 0) is 30.3 Å². The Balaban J connectivity index is 1.71. The van der Waals surface area contributed by atoms with E-state index in [1.54, 1.807) is 30.5 Å². The smallest absolute Gasteiger partial charge is 0.243 e. The number of halogens is 1. The maximum absolute atomic E-state index is 12.7. The van der Waals surface area contributed by atoms with Gasteiger partial charge in [0.2, 0.25) is 16.0 Å². The monoisotopic (exact) mass is 425 g/mol. The van der Waals surface area contributed by atoms with E-state index in [-0.39, 0.29) is 0 Å². The molecule has 1 aliphatic rings. The highest BCUT2D eigenvalue weighted by Gasteiger charge is 2.29. The third kappa shape index (κ3) is 3.94. The van der Waals surface area contributed by atoms with Crippen LogP contribution in [0.4, 0.5) is 11.8 Å². The summed E-state index contributed by atoms with van der Waals surface area (Å²) in [5.41, 5.74) is 0. The van der Waals surface area contributed by atoms with Gasteiger partial charge in [-0.25, -0.2) is 13.4 Å². The molecule has 0 amide bonds. The number of hydrogen-bond donors (Lipinski definition) is 0. The minimum Gasteiger partial charge on any atom is -0.363 e. The summed E-state index contributed by atoms with van der Waals surface area (Å²) in [6.07, 6.45) is 1.72. The Kier molecular flexibility index (Phi) is 5.26. The first kappa shape index (κ1) is 18.1. The van der Waals surface area contributed by atoms with Gasteiger partial charge >= 0.3 is 0 Å². The standard InChI is InChI=1S/C16H20BrN5O2S/c1-20(2)15-7-8-18-16(19-15)21-9-11-22(12-10-21)25(23,24)14-5-3-13(17)4-6-14/h3-8H,9-12H2,1-2H3. The van der Waals surface area contributed by atoms with Crippen molar-refractivity contribution in [2.75, 3.05) is 50.1 Å². The van der Waals surface area contributed by atoms with E-state index in [1.165, 1.54) is 4.31 Å². The number of rotatable bonds is 4. The lowest BCUT2D eigenvalue weighted by molar-refractivity contribution is 0.382. The second kappa shape index (κ2) is 7.27. The minimum absolute atomic E-state index is 0.315. The van der Waals surface area contributed by atoms with Gasteiger partial charge in [-0.15, -0.1) is 0 Å². The second-order valence-electron chi connectivity index (χ2n) is 5.95. The van der Waals surface area contributed by atoms with Crippen molar-refractivity contribution in [1.82, 2.24) is 14.3 Å². The molecule has 0 saturated carbocycles. The highest BCUT2D eigenvalue weighted by atomic mass is 79.9. The molecule has 2 heterocycles. The Labute approximate surface area is 156 Å². The fraction of sp³-hybridized carbons (Fsp3) is 0.375. The van der Waals surface area contributed by atoms with Gasteiger partial charge in [-0.2, -0.15) is 9.29 Å². The SMILES string of the molecule is CN(C)c1ccnc(N2CCN(S(=O)(=O)c3ccc(Br)cc3)CC2)n1. The van der Waals surface area contributed by atoms with Crippen LogP contribution in [0.5, 0.6) is 0 Å². The van der Waals surface area contributed by atoms with Crippen molar-refractivity contribution < 1.29 is 8.42 Å². The van der Waals surface area contributed by atoms with Crippen molar-refractivity contribution in [3.05, 3.63) is 41.0 Å². The van der Waals surface area contributed by atoms with Crippen LogP contribution in [0.15, 0.2) is 45.9 Å². The van der Waals surface area contributed by atoms with Crippen molar-refractivity contribution in [2.45, 2.75) is 4.90 Å².